The van der Waals surface area contributed by atoms with Crippen LogP contribution >= 0.6 is 0 Å². The molecule has 3 N–H and O–H groups in total. The Morgan fingerprint density at radius 3 is 2.00 bits per heavy atom. The highest BCUT2D eigenvalue weighted by Gasteiger charge is 2.41. The summed E-state index contributed by atoms with van der Waals surface area (Å²) in [5.41, 5.74) is 0.670. The van der Waals surface area contributed by atoms with Gasteiger partial charge >= 0.3 is 7.12 Å². The van der Waals surface area contributed by atoms with E-state index in [1.807, 2.05) is 0 Å². The van der Waals surface area contributed by atoms with Crippen molar-refractivity contribution in [1.29, 1.82) is 0 Å². The van der Waals surface area contributed by atoms with E-state index in [1.54, 1.807) is 24.3 Å². The molecule has 1 aliphatic rings. The van der Waals surface area contributed by atoms with Gasteiger partial charge in [0.1, 0.15) is 0 Å². The number of aliphatic hydroxyl groups is 1. The molecule has 0 saturated heterocycles. The summed E-state index contributed by atoms with van der Waals surface area (Å²) in [7, 11) is -1.43. The van der Waals surface area contributed by atoms with Gasteiger partial charge in [-0.1, -0.05) is 24.3 Å². The van der Waals surface area contributed by atoms with E-state index < -0.39 is 12.7 Å². The molecule has 2 rings (SSSR count). The molecule has 4 heteroatoms. The van der Waals surface area contributed by atoms with Crippen molar-refractivity contribution in [1.82, 2.24) is 0 Å². The van der Waals surface area contributed by atoms with Crippen LogP contribution in [0, 0.1) is 0 Å². The molecule has 0 aliphatic heterocycles. The highest BCUT2D eigenvalue weighted by atomic mass is 16.4. The predicted molar refractivity (Wildman–Crippen MR) is 49.4 cm³/mol. The third kappa shape index (κ3) is 1.61. The molecule has 0 heterocycles. The zero-order valence-corrected chi connectivity index (χ0v) is 7.14. The van der Waals surface area contributed by atoms with Crippen LogP contribution in [-0.4, -0.2) is 22.3 Å². The Balaban J connectivity index is 2.24. The van der Waals surface area contributed by atoms with Crippen molar-refractivity contribution in [3.8, 4) is 0 Å². The van der Waals surface area contributed by atoms with Crippen molar-refractivity contribution in [3.63, 3.8) is 0 Å². The monoisotopic (exact) mass is 178 g/mol. The van der Waals surface area contributed by atoms with Crippen LogP contribution < -0.4 is 5.46 Å². The van der Waals surface area contributed by atoms with Crippen LogP contribution in [0.25, 0.3) is 0 Å². The van der Waals surface area contributed by atoms with Crippen LogP contribution in [0.4, 0.5) is 0 Å². The van der Waals surface area contributed by atoms with Gasteiger partial charge in [-0.05, 0) is 23.9 Å². The van der Waals surface area contributed by atoms with Gasteiger partial charge in [0.2, 0.25) is 0 Å². The number of hydrogen-bond acceptors (Lipinski definition) is 3. The molecular formula is C9H11BO3. The quantitative estimate of drug-likeness (QED) is 0.527. The SMILES string of the molecule is OB(O)c1ccc(C2(O)CC2)cc1. The Kier molecular flexibility index (Phi) is 1.91. The van der Waals surface area contributed by atoms with Crippen LogP contribution in [0.3, 0.4) is 0 Å². The first-order valence-electron chi connectivity index (χ1n) is 4.31. The minimum Gasteiger partial charge on any atom is -0.423 e. The van der Waals surface area contributed by atoms with Crippen LogP contribution in [-0.2, 0) is 5.60 Å². The summed E-state index contributed by atoms with van der Waals surface area (Å²) in [6, 6.07) is 6.72. The largest absolute Gasteiger partial charge is 0.488 e. The van der Waals surface area contributed by atoms with Crippen molar-refractivity contribution in [3.05, 3.63) is 29.8 Å². The van der Waals surface area contributed by atoms with Gasteiger partial charge in [0, 0.05) is 0 Å². The van der Waals surface area contributed by atoms with Gasteiger partial charge in [0.05, 0.1) is 5.60 Å². The normalized spacial score (nSPS) is 18.4. The highest BCUT2D eigenvalue weighted by Crippen LogP contribution is 2.44. The lowest BCUT2D eigenvalue weighted by atomic mass is 9.80. The van der Waals surface area contributed by atoms with E-state index in [4.69, 9.17) is 10.0 Å². The molecule has 1 aromatic rings. The first-order chi connectivity index (χ1) is 6.12. The van der Waals surface area contributed by atoms with E-state index in [1.165, 1.54) is 0 Å². The van der Waals surface area contributed by atoms with E-state index >= 15 is 0 Å². The molecule has 1 aliphatic carbocycles. The summed E-state index contributed by atoms with van der Waals surface area (Å²) in [4.78, 5) is 0. The lowest BCUT2D eigenvalue weighted by Crippen LogP contribution is -2.29. The van der Waals surface area contributed by atoms with E-state index in [0.29, 0.717) is 5.46 Å². The standard InChI is InChI=1S/C9H11BO3/c11-9(5-6-9)7-1-3-8(4-2-7)10(12)13/h1-4,11-13H,5-6H2. The molecule has 0 unspecified atom stereocenters. The van der Waals surface area contributed by atoms with Crippen LogP contribution in [0.2, 0.25) is 0 Å². The average Bonchev–Trinajstić information content (AvgIpc) is 2.85. The molecule has 0 spiro atoms. The third-order valence-corrected chi connectivity index (χ3v) is 2.47. The second-order valence-corrected chi connectivity index (χ2v) is 3.53. The first-order valence-corrected chi connectivity index (χ1v) is 4.31. The molecule has 0 aromatic heterocycles. The van der Waals surface area contributed by atoms with Gasteiger partial charge < -0.3 is 15.2 Å². The Hall–Kier alpha value is -0.835. The fourth-order valence-corrected chi connectivity index (χ4v) is 1.37. The average molecular weight is 178 g/mol. The zero-order chi connectivity index (χ0) is 9.47. The fraction of sp³-hybridized carbons (Fsp3) is 0.333. The maximum atomic E-state index is 9.70. The molecule has 0 bridgehead atoms. The third-order valence-electron chi connectivity index (χ3n) is 2.47. The summed E-state index contributed by atoms with van der Waals surface area (Å²) in [5.74, 6) is 0. The van der Waals surface area contributed by atoms with Crippen LogP contribution in [0.1, 0.15) is 18.4 Å². The summed E-state index contributed by atoms with van der Waals surface area (Å²) < 4.78 is 0. The smallest absolute Gasteiger partial charge is 0.423 e. The van der Waals surface area contributed by atoms with E-state index in [2.05, 4.69) is 0 Å². The second-order valence-electron chi connectivity index (χ2n) is 3.53. The van der Waals surface area contributed by atoms with Gasteiger partial charge in [0.15, 0.2) is 0 Å². The van der Waals surface area contributed by atoms with E-state index in [9.17, 15) is 5.11 Å². The molecule has 0 amide bonds. The lowest BCUT2D eigenvalue weighted by Gasteiger charge is -2.08. The highest BCUT2D eigenvalue weighted by molar-refractivity contribution is 6.58. The topological polar surface area (TPSA) is 60.7 Å². The number of benzene rings is 1. The summed E-state index contributed by atoms with van der Waals surface area (Å²) in [6.45, 7) is 0. The molecule has 1 aromatic carbocycles. The predicted octanol–water partition coefficient (Wildman–Crippen LogP) is -0.652. The summed E-state index contributed by atoms with van der Waals surface area (Å²) >= 11 is 0. The molecule has 0 radical (unpaired) electrons. The number of rotatable bonds is 2. The van der Waals surface area contributed by atoms with Crippen molar-refractivity contribution in [2.75, 3.05) is 0 Å². The Morgan fingerprint density at radius 2 is 1.62 bits per heavy atom. The Labute approximate surface area is 76.8 Å². The fourth-order valence-electron chi connectivity index (χ4n) is 1.37. The molecule has 0 atom stereocenters. The van der Waals surface area contributed by atoms with Gasteiger partial charge in [-0.2, -0.15) is 0 Å². The summed E-state index contributed by atoms with van der Waals surface area (Å²) in [6.07, 6.45) is 1.60. The van der Waals surface area contributed by atoms with Crippen molar-refractivity contribution in [2.24, 2.45) is 0 Å². The van der Waals surface area contributed by atoms with Crippen LogP contribution in [0.15, 0.2) is 24.3 Å². The van der Waals surface area contributed by atoms with Crippen molar-refractivity contribution < 1.29 is 15.2 Å². The minimum atomic E-state index is -1.43. The summed E-state index contributed by atoms with van der Waals surface area (Å²) in [5, 5.41) is 27.4. The molecule has 13 heavy (non-hydrogen) atoms. The van der Waals surface area contributed by atoms with Gasteiger partial charge in [-0.15, -0.1) is 0 Å². The Morgan fingerprint density at radius 1 is 1.08 bits per heavy atom. The minimum absolute atomic E-state index is 0.452. The van der Waals surface area contributed by atoms with Crippen molar-refractivity contribution in [2.45, 2.75) is 18.4 Å². The van der Waals surface area contributed by atoms with Crippen molar-refractivity contribution >= 4 is 12.6 Å². The zero-order valence-electron chi connectivity index (χ0n) is 7.14. The van der Waals surface area contributed by atoms with Gasteiger partial charge in [0.25, 0.3) is 0 Å². The Bertz CT molecular complexity index is 303. The van der Waals surface area contributed by atoms with E-state index in [0.717, 1.165) is 18.4 Å². The second kappa shape index (κ2) is 2.84. The number of hydrogen-bond donors (Lipinski definition) is 3. The molecule has 1 fully saturated rings. The maximum absolute atomic E-state index is 9.70. The molecule has 1 saturated carbocycles. The van der Waals surface area contributed by atoms with E-state index in [-0.39, 0.29) is 0 Å². The maximum Gasteiger partial charge on any atom is 0.488 e. The lowest BCUT2D eigenvalue weighted by molar-refractivity contribution is 0.151. The first kappa shape index (κ1) is 8.75. The van der Waals surface area contributed by atoms with Gasteiger partial charge in [-0.3, -0.25) is 0 Å². The molecular weight excluding hydrogens is 167 g/mol. The van der Waals surface area contributed by atoms with Crippen LogP contribution in [0.5, 0.6) is 0 Å². The molecule has 68 valence electrons. The molecule has 3 nitrogen and oxygen atoms in total. The van der Waals surface area contributed by atoms with Gasteiger partial charge in [-0.25, -0.2) is 0 Å².